The van der Waals surface area contributed by atoms with Crippen LogP contribution in [0, 0.1) is 0 Å². The average molecular weight is 365 g/mol. The number of hydrogen-bond donors (Lipinski definition) is 2. The topological polar surface area (TPSA) is 63.2 Å². The number of halogens is 3. The summed E-state index contributed by atoms with van der Waals surface area (Å²) in [5.74, 6) is -0.0763. The predicted molar refractivity (Wildman–Crippen MR) is 91.1 cm³/mol. The fraction of sp³-hybridized carbons (Fsp3) is 0.333. The molecule has 0 aliphatic carbocycles. The molecule has 1 aromatic carbocycles. The Bertz CT molecular complexity index is 757. The lowest BCUT2D eigenvalue weighted by molar-refractivity contribution is -0.136. The fourth-order valence-electron chi connectivity index (χ4n) is 2.69. The zero-order chi connectivity index (χ0) is 18.6. The Kier molecular flexibility index (Phi) is 5.41. The third-order valence-electron chi connectivity index (χ3n) is 4.04. The molecular formula is C18H18F3N3O2. The Balaban J connectivity index is 1.63. The minimum atomic E-state index is -4.54. The summed E-state index contributed by atoms with van der Waals surface area (Å²) in [6.07, 6.45) is -1.04. The molecule has 1 unspecified atom stereocenters. The number of nitrogens with one attached hydrogen (secondary N) is 2. The molecule has 0 spiro atoms. The standard InChI is InChI=1S/C18H18F3N3O2/c19-18(20,21)14-5-1-2-6-15(14)24-17(25)12-7-8-16(22-10-12)23-11-13-4-3-9-26-13/h1-2,5-8,10,13H,3-4,9,11H2,(H,22,23)(H,24,25). The number of alkyl halides is 3. The first-order valence-electron chi connectivity index (χ1n) is 8.22. The van der Waals surface area contributed by atoms with Crippen molar-refractivity contribution in [2.24, 2.45) is 0 Å². The minimum Gasteiger partial charge on any atom is -0.376 e. The number of para-hydroxylation sites is 1. The molecule has 1 amide bonds. The molecule has 1 aliphatic heterocycles. The van der Waals surface area contributed by atoms with Crippen LogP contribution in [0.2, 0.25) is 0 Å². The maximum atomic E-state index is 13.0. The van der Waals surface area contributed by atoms with Gasteiger partial charge in [0.1, 0.15) is 5.82 Å². The van der Waals surface area contributed by atoms with Crippen molar-refractivity contribution in [1.29, 1.82) is 0 Å². The second-order valence-electron chi connectivity index (χ2n) is 5.95. The zero-order valence-electron chi connectivity index (χ0n) is 13.8. The van der Waals surface area contributed by atoms with Crippen molar-refractivity contribution in [3.05, 3.63) is 53.7 Å². The van der Waals surface area contributed by atoms with E-state index in [1.165, 1.54) is 30.5 Å². The van der Waals surface area contributed by atoms with Crippen LogP contribution in [0.5, 0.6) is 0 Å². The number of nitrogens with zero attached hydrogens (tertiary/aromatic N) is 1. The van der Waals surface area contributed by atoms with E-state index in [4.69, 9.17) is 4.74 Å². The predicted octanol–water partition coefficient (Wildman–Crippen LogP) is 3.94. The van der Waals surface area contributed by atoms with Crippen LogP contribution in [0.3, 0.4) is 0 Å². The van der Waals surface area contributed by atoms with Gasteiger partial charge in [0.05, 0.1) is 22.9 Å². The zero-order valence-corrected chi connectivity index (χ0v) is 13.8. The second-order valence-corrected chi connectivity index (χ2v) is 5.95. The molecule has 1 fully saturated rings. The molecule has 2 aromatic rings. The smallest absolute Gasteiger partial charge is 0.376 e. The minimum absolute atomic E-state index is 0.152. The normalized spacial score (nSPS) is 17.1. The maximum Gasteiger partial charge on any atom is 0.418 e. The number of carbonyl (C=O) groups is 1. The van der Waals surface area contributed by atoms with Crippen molar-refractivity contribution in [2.45, 2.75) is 25.1 Å². The summed E-state index contributed by atoms with van der Waals surface area (Å²) in [6.45, 7) is 1.38. The Labute approximate surface area is 148 Å². The molecule has 5 nitrogen and oxygen atoms in total. The molecule has 3 rings (SSSR count). The second kappa shape index (κ2) is 7.74. The Morgan fingerprint density at radius 2 is 2.04 bits per heavy atom. The molecule has 1 atom stereocenters. The molecule has 2 N–H and O–H groups in total. The number of pyridine rings is 1. The van der Waals surface area contributed by atoms with Crippen molar-refractivity contribution in [1.82, 2.24) is 4.98 Å². The van der Waals surface area contributed by atoms with Gasteiger partial charge in [-0.25, -0.2) is 4.98 Å². The fourth-order valence-corrected chi connectivity index (χ4v) is 2.69. The summed E-state index contributed by atoms with van der Waals surface area (Å²) < 4.78 is 44.4. The van der Waals surface area contributed by atoms with E-state index in [2.05, 4.69) is 15.6 Å². The molecule has 1 aliphatic rings. The molecule has 1 aromatic heterocycles. The number of anilines is 2. The molecule has 0 saturated carbocycles. The molecule has 8 heteroatoms. The summed E-state index contributed by atoms with van der Waals surface area (Å²) in [5, 5.41) is 5.41. The van der Waals surface area contributed by atoms with Gasteiger partial charge in [-0.3, -0.25) is 4.79 Å². The van der Waals surface area contributed by atoms with Crippen molar-refractivity contribution in [3.8, 4) is 0 Å². The largest absolute Gasteiger partial charge is 0.418 e. The van der Waals surface area contributed by atoms with E-state index in [1.54, 1.807) is 6.07 Å². The Morgan fingerprint density at radius 3 is 2.69 bits per heavy atom. The highest BCUT2D eigenvalue weighted by molar-refractivity contribution is 6.04. The summed E-state index contributed by atoms with van der Waals surface area (Å²) in [7, 11) is 0. The number of benzene rings is 1. The number of rotatable bonds is 5. The Hall–Kier alpha value is -2.61. The van der Waals surface area contributed by atoms with Gasteiger partial charge in [0.25, 0.3) is 5.91 Å². The van der Waals surface area contributed by atoms with Crippen LogP contribution in [0.1, 0.15) is 28.8 Å². The highest BCUT2D eigenvalue weighted by Gasteiger charge is 2.33. The van der Waals surface area contributed by atoms with E-state index >= 15 is 0 Å². The van der Waals surface area contributed by atoms with Crippen LogP contribution in [0.25, 0.3) is 0 Å². The van der Waals surface area contributed by atoms with E-state index in [0.717, 1.165) is 25.5 Å². The number of hydrogen-bond acceptors (Lipinski definition) is 4. The van der Waals surface area contributed by atoms with Crippen LogP contribution < -0.4 is 10.6 Å². The molecule has 0 radical (unpaired) electrons. The van der Waals surface area contributed by atoms with Gasteiger partial charge in [-0.15, -0.1) is 0 Å². The Morgan fingerprint density at radius 1 is 1.23 bits per heavy atom. The van der Waals surface area contributed by atoms with Gasteiger partial charge >= 0.3 is 6.18 Å². The lowest BCUT2D eigenvalue weighted by atomic mass is 10.1. The lowest BCUT2D eigenvalue weighted by Gasteiger charge is -2.14. The first-order chi connectivity index (χ1) is 12.4. The van der Waals surface area contributed by atoms with Crippen LogP contribution in [-0.2, 0) is 10.9 Å². The molecular weight excluding hydrogens is 347 g/mol. The average Bonchev–Trinajstić information content (AvgIpc) is 3.13. The van der Waals surface area contributed by atoms with Gasteiger partial charge in [-0.2, -0.15) is 13.2 Å². The molecule has 26 heavy (non-hydrogen) atoms. The first-order valence-corrected chi connectivity index (χ1v) is 8.22. The van der Waals surface area contributed by atoms with Crippen molar-refractivity contribution in [3.63, 3.8) is 0 Å². The first kappa shape index (κ1) is 18.2. The highest BCUT2D eigenvalue weighted by Crippen LogP contribution is 2.34. The molecule has 2 heterocycles. The van der Waals surface area contributed by atoms with Gasteiger partial charge in [0.2, 0.25) is 0 Å². The molecule has 0 bridgehead atoms. The number of carbonyl (C=O) groups excluding carboxylic acids is 1. The van der Waals surface area contributed by atoms with Crippen LogP contribution in [0.15, 0.2) is 42.6 Å². The molecule has 138 valence electrons. The molecule has 1 saturated heterocycles. The van der Waals surface area contributed by atoms with Gasteiger partial charge in [-0.1, -0.05) is 12.1 Å². The summed E-state index contributed by atoms with van der Waals surface area (Å²) in [4.78, 5) is 16.3. The third kappa shape index (κ3) is 4.51. The lowest BCUT2D eigenvalue weighted by Crippen LogP contribution is -2.19. The van der Waals surface area contributed by atoms with Crippen LogP contribution >= 0.6 is 0 Å². The summed E-state index contributed by atoms with van der Waals surface area (Å²) in [6, 6.07) is 7.96. The monoisotopic (exact) mass is 365 g/mol. The van der Waals surface area contributed by atoms with E-state index in [0.29, 0.717) is 12.4 Å². The van der Waals surface area contributed by atoms with Crippen molar-refractivity contribution >= 4 is 17.4 Å². The highest BCUT2D eigenvalue weighted by atomic mass is 19.4. The quantitative estimate of drug-likeness (QED) is 0.842. The van der Waals surface area contributed by atoms with Crippen LogP contribution in [0.4, 0.5) is 24.7 Å². The van der Waals surface area contributed by atoms with Gasteiger partial charge < -0.3 is 15.4 Å². The van der Waals surface area contributed by atoms with E-state index in [1.807, 2.05) is 0 Å². The number of aromatic nitrogens is 1. The number of ether oxygens (including phenoxy) is 1. The maximum absolute atomic E-state index is 13.0. The van der Waals surface area contributed by atoms with Gasteiger partial charge in [-0.05, 0) is 37.1 Å². The van der Waals surface area contributed by atoms with Gasteiger partial charge in [0, 0.05) is 19.3 Å². The van der Waals surface area contributed by atoms with Crippen LogP contribution in [-0.4, -0.2) is 30.1 Å². The summed E-state index contributed by atoms with van der Waals surface area (Å²) >= 11 is 0. The summed E-state index contributed by atoms with van der Waals surface area (Å²) in [5.41, 5.74) is -1.01. The van der Waals surface area contributed by atoms with Crippen molar-refractivity contribution < 1.29 is 22.7 Å². The SMILES string of the molecule is O=C(Nc1ccccc1C(F)(F)F)c1ccc(NCC2CCCO2)nc1. The van der Waals surface area contributed by atoms with E-state index < -0.39 is 17.6 Å². The number of amides is 1. The van der Waals surface area contributed by atoms with E-state index in [-0.39, 0.29) is 17.4 Å². The van der Waals surface area contributed by atoms with E-state index in [9.17, 15) is 18.0 Å². The third-order valence-corrected chi connectivity index (χ3v) is 4.04. The van der Waals surface area contributed by atoms with Crippen molar-refractivity contribution in [2.75, 3.05) is 23.8 Å². The van der Waals surface area contributed by atoms with Gasteiger partial charge in [0.15, 0.2) is 0 Å².